The van der Waals surface area contributed by atoms with E-state index in [-0.39, 0.29) is 5.91 Å². The molecule has 1 aliphatic rings. The number of nitrogens with zero attached hydrogens (tertiary/aromatic N) is 3. The number of benzene rings is 1. The molecule has 108 valence electrons. The quantitative estimate of drug-likeness (QED) is 0.946. The number of hydrogen-bond donors (Lipinski definition) is 1. The van der Waals surface area contributed by atoms with Gasteiger partial charge in [-0.15, -0.1) is 10.2 Å². The van der Waals surface area contributed by atoms with Crippen LogP contribution < -0.4 is 5.32 Å². The van der Waals surface area contributed by atoms with Gasteiger partial charge in [0.25, 0.3) is 5.91 Å². The van der Waals surface area contributed by atoms with Crippen LogP contribution in [0.2, 0.25) is 5.02 Å². The molecular formula is C15H15ClN4O. The van der Waals surface area contributed by atoms with Crippen LogP contribution in [0.5, 0.6) is 0 Å². The van der Waals surface area contributed by atoms with E-state index in [1.807, 2.05) is 17.0 Å². The number of nitrogens with one attached hydrogen (secondary N) is 1. The van der Waals surface area contributed by atoms with E-state index in [0.717, 1.165) is 31.6 Å². The predicted molar refractivity (Wildman–Crippen MR) is 81.9 cm³/mol. The third-order valence-corrected chi connectivity index (χ3v) is 3.61. The zero-order valence-electron chi connectivity index (χ0n) is 11.4. The Morgan fingerprint density at radius 2 is 1.95 bits per heavy atom. The molecule has 0 spiro atoms. The van der Waals surface area contributed by atoms with Gasteiger partial charge in [-0.25, -0.2) is 0 Å². The fourth-order valence-corrected chi connectivity index (χ4v) is 2.50. The van der Waals surface area contributed by atoms with Crippen molar-refractivity contribution in [2.45, 2.75) is 12.8 Å². The standard InChI is InChI=1S/C15H15ClN4O/c16-11-4-3-5-12(10-11)17-14-7-6-13(18-19-14)15(21)20-8-1-2-9-20/h3-7,10H,1-2,8-9H2,(H,17,19). The summed E-state index contributed by atoms with van der Waals surface area (Å²) < 4.78 is 0. The van der Waals surface area contributed by atoms with Crippen LogP contribution in [0, 0.1) is 0 Å². The number of aromatic nitrogens is 2. The lowest BCUT2D eigenvalue weighted by Crippen LogP contribution is -2.28. The van der Waals surface area contributed by atoms with Crippen molar-refractivity contribution < 1.29 is 4.79 Å². The zero-order chi connectivity index (χ0) is 14.7. The molecule has 1 aliphatic heterocycles. The normalized spacial score (nSPS) is 14.2. The highest BCUT2D eigenvalue weighted by atomic mass is 35.5. The van der Waals surface area contributed by atoms with Crippen molar-refractivity contribution in [2.24, 2.45) is 0 Å². The monoisotopic (exact) mass is 302 g/mol. The minimum absolute atomic E-state index is 0.0469. The van der Waals surface area contributed by atoms with Crippen LogP contribution in [0.25, 0.3) is 0 Å². The van der Waals surface area contributed by atoms with E-state index in [9.17, 15) is 4.79 Å². The Labute approximate surface area is 127 Å². The third-order valence-electron chi connectivity index (χ3n) is 3.37. The second kappa shape index (κ2) is 6.10. The van der Waals surface area contributed by atoms with Crippen molar-refractivity contribution >= 4 is 29.0 Å². The average molecular weight is 303 g/mol. The maximum Gasteiger partial charge on any atom is 0.274 e. The van der Waals surface area contributed by atoms with Crippen LogP contribution in [-0.4, -0.2) is 34.1 Å². The number of carbonyl (C=O) groups excluding carboxylic acids is 1. The summed E-state index contributed by atoms with van der Waals surface area (Å²) in [7, 11) is 0. The number of amides is 1. The smallest absolute Gasteiger partial charge is 0.274 e. The highest BCUT2D eigenvalue weighted by molar-refractivity contribution is 6.30. The van der Waals surface area contributed by atoms with Crippen LogP contribution in [0.3, 0.4) is 0 Å². The van der Waals surface area contributed by atoms with Crippen molar-refractivity contribution in [3.63, 3.8) is 0 Å². The van der Waals surface area contributed by atoms with E-state index in [4.69, 9.17) is 11.6 Å². The summed E-state index contributed by atoms with van der Waals surface area (Å²) in [6, 6.07) is 10.8. The molecule has 5 nitrogen and oxygen atoms in total. The molecule has 0 unspecified atom stereocenters. The van der Waals surface area contributed by atoms with Gasteiger partial charge in [-0.3, -0.25) is 4.79 Å². The van der Waals surface area contributed by atoms with Crippen LogP contribution in [0.15, 0.2) is 36.4 Å². The highest BCUT2D eigenvalue weighted by Crippen LogP contribution is 2.19. The van der Waals surface area contributed by atoms with Gasteiger partial charge in [-0.2, -0.15) is 0 Å². The topological polar surface area (TPSA) is 58.1 Å². The Hall–Kier alpha value is -2.14. The molecule has 1 aromatic carbocycles. The summed E-state index contributed by atoms with van der Waals surface area (Å²) in [5.74, 6) is 0.532. The van der Waals surface area contributed by atoms with Gasteiger partial charge in [0.1, 0.15) is 0 Å². The van der Waals surface area contributed by atoms with Crippen molar-refractivity contribution in [1.29, 1.82) is 0 Å². The molecule has 1 fully saturated rings. The lowest BCUT2D eigenvalue weighted by molar-refractivity contribution is 0.0786. The van der Waals surface area contributed by atoms with E-state index in [0.29, 0.717) is 16.5 Å². The van der Waals surface area contributed by atoms with Gasteiger partial charge in [-0.1, -0.05) is 17.7 Å². The van der Waals surface area contributed by atoms with E-state index in [1.165, 1.54) is 0 Å². The number of likely N-dealkylation sites (tertiary alicyclic amines) is 1. The molecule has 2 aromatic rings. The summed E-state index contributed by atoms with van der Waals surface area (Å²) in [6.07, 6.45) is 2.13. The maximum atomic E-state index is 12.1. The molecule has 1 N–H and O–H groups in total. The average Bonchev–Trinajstić information content (AvgIpc) is 3.01. The van der Waals surface area contributed by atoms with Crippen molar-refractivity contribution in [3.05, 3.63) is 47.1 Å². The zero-order valence-corrected chi connectivity index (χ0v) is 12.2. The first kappa shape index (κ1) is 13.8. The van der Waals surface area contributed by atoms with Crippen molar-refractivity contribution in [3.8, 4) is 0 Å². The molecule has 3 rings (SSSR count). The first-order chi connectivity index (χ1) is 10.2. The lowest BCUT2D eigenvalue weighted by atomic mass is 10.3. The summed E-state index contributed by atoms with van der Waals surface area (Å²) in [5.41, 5.74) is 1.21. The van der Waals surface area contributed by atoms with E-state index >= 15 is 0 Å². The van der Waals surface area contributed by atoms with Gasteiger partial charge in [0.2, 0.25) is 0 Å². The fourth-order valence-electron chi connectivity index (χ4n) is 2.31. The molecule has 1 saturated heterocycles. The van der Waals surface area contributed by atoms with Gasteiger partial charge >= 0.3 is 0 Å². The molecule has 1 aromatic heterocycles. The van der Waals surface area contributed by atoms with Gasteiger partial charge in [-0.05, 0) is 43.2 Å². The first-order valence-corrected chi connectivity index (χ1v) is 7.26. The fraction of sp³-hybridized carbons (Fsp3) is 0.267. The molecule has 0 saturated carbocycles. The Kier molecular flexibility index (Phi) is 4.01. The van der Waals surface area contributed by atoms with Crippen LogP contribution >= 0.6 is 11.6 Å². The van der Waals surface area contributed by atoms with Gasteiger partial charge in [0, 0.05) is 23.8 Å². The molecule has 6 heteroatoms. The molecule has 0 bridgehead atoms. The molecule has 0 aliphatic carbocycles. The molecule has 1 amide bonds. The third kappa shape index (κ3) is 3.31. The molecule has 21 heavy (non-hydrogen) atoms. The number of anilines is 2. The van der Waals surface area contributed by atoms with Crippen LogP contribution in [0.4, 0.5) is 11.5 Å². The SMILES string of the molecule is O=C(c1ccc(Nc2cccc(Cl)c2)nn1)N1CCCC1. The largest absolute Gasteiger partial charge is 0.339 e. The Balaban J connectivity index is 1.70. The first-order valence-electron chi connectivity index (χ1n) is 6.88. The Morgan fingerprint density at radius 1 is 1.14 bits per heavy atom. The minimum Gasteiger partial charge on any atom is -0.339 e. The maximum absolute atomic E-state index is 12.1. The predicted octanol–water partition coefficient (Wildman–Crippen LogP) is 3.11. The number of hydrogen-bond acceptors (Lipinski definition) is 4. The van der Waals surface area contributed by atoms with Gasteiger partial charge < -0.3 is 10.2 Å². The van der Waals surface area contributed by atoms with Crippen molar-refractivity contribution in [2.75, 3.05) is 18.4 Å². The summed E-state index contributed by atoms with van der Waals surface area (Å²) in [6.45, 7) is 1.62. The second-order valence-corrected chi connectivity index (χ2v) is 5.37. The van der Waals surface area contributed by atoms with E-state index < -0.39 is 0 Å². The number of rotatable bonds is 3. The Bertz CT molecular complexity index is 638. The minimum atomic E-state index is -0.0469. The molecule has 0 atom stereocenters. The number of halogens is 1. The summed E-state index contributed by atoms with van der Waals surface area (Å²) >= 11 is 5.92. The number of carbonyl (C=O) groups is 1. The molecule has 2 heterocycles. The highest BCUT2D eigenvalue weighted by Gasteiger charge is 2.20. The van der Waals surface area contributed by atoms with Crippen LogP contribution in [0.1, 0.15) is 23.3 Å². The summed E-state index contributed by atoms with van der Waals surface area (Å²) in [5, 5.41) is 11.8. The Morgan fingerprint density at radius 3 is 2.62 bits per heavy atom. The molecule has 0 radical (unpaired) electrons. The summed E-state index contributed by atoms with van der Waals surface area (Å²) in [4.78, 5) is 14.0. The van der Waals surface area contributed by atoms with E-state index in [1.54, 1.807) is 24.3 Å². The van der Waals surface area contributed by atoms with Crippen LogP contribution in [-0.2, 0) is 0 Å². The van der Waals surface area contributed by atoms with E-state index in [2.05, 4.69) is 15.5 Å². The van der Waals surface area contributed by atoms with Gasteiger partial charge in [0.15, 0.2) is 11.5 Å². The van der Waals surface area contributed by atoms with Gasteiger partial charge in [0.05, 0.1) is 0 Å². The second-order valence-electron chi connectivity index (χ2n) is 4.94. The lowest BCUT2D eigenvalue weighted by Gasteiger charge is -2.14. The van der Waals surface area contributed by atoms with Crippen molar-refractivity contribution in [1.82, 2.24) is 15.1 Å². The molecular weight excluding hydrogens is 288 g/mol.